The van der Waals surface area contributed by atoms with Crippen LogP contribution in [0.15, 0.2) is 36.4 Å². The molecule has 0 atom stereocenters. The van der Waals surface area contributed by atoms with Crippen molar-refractivity contribution in [1.29, 1.82) is 0 Å². The third kappa shape index (κ3) is 4.45. The second-order valence-electron chi connectivity index (χ2n) is 6.03. The van der Waals surface area contributed by atoms with Gasteiger partial charge >= 0.3 is 0 Å². The Morgan fingerprint density at radius 1 is 1.08 bits per heavy atom. The zero-order chi connectivity index (χ0) is 16.6. The van der Waals surface area contributed by atoms with E-state index in [2.05, 4.69) is 35.3 Å². The van der Waals surface area contributed by atoms with Crippen molar-refractivity contribution in [3.8, 4) is 11.3 Å². The lowest BCUT2D eigenvalue weighted by Gasteiger charge is -2.28. The first-order chi connectivity index (χ1) is 11.9. The molecule has 128 valence electrons. The zero-order valence-electron chi connectivity index (χ0n) is 14.4. The molecule has 1 aliphatic heterocycles. The molecule has 0 unspecified atom stereocenters. The monoisotopic (exact) mass is 326 g/mol. The summed E-state index contributed by atoms with van der Waals surface area (Å²) in [4.78, 5) is 11.7. The van der Waals surface area contributed by atoms with Crippen LogP contribution in [0.2, 0.25) is 0 Å². The Hall–Kier alpha value is -2.14. The van der Waals surface area contributed by atoms with Crippen LogP contribution < -0.4 is 10.2 Å². The molecule has 0 aliphatic carbocycles. The highest BCUT2D eigenvalue weighted by Crippen LogP contribution is 2.24. The maximum atomic E-state index is 5.46. The lowest BCUT2D eigenvalue weighted by molar-refractivity contribution is 0.122. The van der Waals surface area contributed by atoms with Crippen LogP contribution in [-0.4, -0.2) is 42.8 Å². The second-order valence-corrected chi connectivity index (χ2v) is 6.03. The van der Waals surface area contributed by atoms with Gasteiger partial charge in [0.15, 0.2) is 0 Å². The number of ether oxygens (including phenoxy) is 1. The fourth-order valence-electron chi connectivity index (χ4n) is 2.80. The number of unbranched alkanes of at least 4 members (excludes halogenated alkanes) is 2. The predicted octanol–water partition coefficient (Wildman–Crippen LogP) is 3.58. The van der Waals surface area contributed by atoms with E-state index in [1.54, 1.807) is 0 Å². The molecule has 3 rings (SSSR count). The van der Waals surface area contributed by atoms with E-state index in [9.17, 15) is 0 Å². The molecule has 0 radical (unpaired) electrons. The molecular weight excluding hydrogens is 300 g/mol. The quantitative estimate of drug-likeness (QED) is 0.788. The molecule has 1 aliphatic rings. The largest absolute Gasteiger partial charge is 0.378 e. The van der Waals surface area contributed by atoms with Crippen LogP contribution >= 0.6 is 0 Å². The highest BCUT2D eigenvalue weighted by Gasteiger charge is 2.15. The molecule has 5 heteroatoms. The summed E-state index contributed by atoms with van der Waals surface area (Å²) in [6, 6.07) is 12.4. The van der Waals surface area contributed by atoms with E-state index in [1.807, 2.05) is 18.2 Å². The van der Waals surface area contributed by atoms with Crippen LogP contribution in [0.25, 0.3) is 11.3 Å². The number of hydrogen-bond donors (Lipinski definition) is 1. The van der Waals surface area contributed by atoms with Gasteiger partial charge in [-0.25, -0.2) is 4.98 Å². The Balaban J connectivity index is 1.84. The highest BCUT2D eigenvalue weighted by atomic mass is 16.5. The molecule has 0 saturated carbocycles. The van der Waals surface area contributed by atoms with E-state index >= 15 is 0 Å². The number of nitrogens with zero attached hydrogens (tertiary/aromatic N) is 3. The fourth-order valence-corrected chi connectivity index (χ4v) is 2.80. The highest BCUT2D eigenvalue weighted by molar-refractivity contribution is 5.64. The molecule has 0 spiro atoms. The number of aromatic nitrogens is 2. The number of benzene rings is 1. The average Bonchev–Trinajstić information content (AvgIpc) is 2.66. The first-order valence-corrected chi connectivity index (χ1v) is 8.88. The summed E-state index contributed by atoms with van der Waals surface area (Å²) >= 11 is 0. The average molecular weight is 326 g/mol. The number of morpholine rings is 1. The van der Waals surface area contributed by atoms with Gasteiger partial charge in [-0.1, -0.05) is 50.1 Å². The summed E-state index contributed by atoms with van der Waals surface area (Å²) in [7, 11) is 0. The van der Waals surface area contributed by atoms with E-state index in [0.717, 1.165) is 56.3 Å². The molecule has 1 aromatic heterocycles. The van der Waals surface area contributed by atoms with Crippen LogP contribution in [-0.2, 0) is 4.74 Å². The molecule has 5 nitrogen and oxygen atoms in total. The zero-order valence-corrected chi connectivity index (χ0v) is 14.4. The molecule has 1 N–H and O–H groups in total. The topological polar surface area (TPSA) is 50.3 Å². The van der Waals surface area contributed by atoms with Crippen molar-refractivity contribution >= 4 is 11.8 Å². The van der Waals surface area contributed by atoms with Gasteiger partial charge in [0.2, 0.25) is 5.95 Å². The summed E-state index contributed by atoms with van der Waals surface area (Å²) < 4.78 is 5.46. The first kappa shape index (κ1) is 16.7. The summed E-state index contributed by atoms with van der Waals surface area (Å²) in [5.74, 6) is 1.69. The van der Waals surface area contributed by atoms with Crippen molar-refractivity contribution in [2.75, 3.05) is 43.1 Å². The molecule has 24 heavy (non-hydrogen) atoms. The Bertz CT molecular complexity index is 627. The van der Waals surface area contributed by atoms with Gasteiger partial charge in [0, 0.05) is 31.3 Å². The van der Waals surface area contributed by atoms with Gasteiger partial charge in [-0.15, -0.1) is 0 Å². The number of hydrogen-bond acceptors (Lipinski definition) is 5. The standard InChI is InChI=1S/C19H26N4O/c1-2-3-7-10-20-19-21-17(16-8-5-4-6-9-16)15-18(22-19)23-11-13-24-14-12-23/h4-6,8-9,15H,2-3,7,10-14H2,1H3,(H,20,21,22). The molecule has 1 aromatic carbocycles. The van der Waals surface area contributed by atoms with Gasteiger partial charge in [-0.3, -0.25) is 0 Å². The maximum absolute atomic E-state index is 5.46. The van der Waals surface area contributed by atoms with Crippen molar-refractivity contribution in [3.63, 3.8) is 0 Å². The van der Waals surface area contributed by atoms with Crippen LogP contribution in [0.5, 0.6) is 0 Å². The minimum Gasteiger partial charge on any atom is -0.378 e. The fraction of sp³-hybridized carbons (Fsp3) is 0.474. The molecule has 0 bridgehead atoms. The van der Waals surface area contributed by atoms with Gasteiger partial charge < -0.3 is 15.0 Å². The molecule has 1 saturated heterocycles. The predicted molar refractivity (Wildman–Crippen MR) is 98.5 cm³/mol. The number of rotatable bonds is 7. The minimum absolute atomic E-state index is 0.717. The molecule has 0 amide bonds. The third-order valence-corrected chi connectivity index (χ3v) is 4.18. The van der Waals surface area contributed by atoms with Gasteiger partial charge in [-0.05, 0) is 6.42 Å². The van der Waals surface area contributed by atoms with Gasteiger partial charge in [0.25, 0.3) is 0 Å². The van der Waals surface area contributed by atoms with Crippen molar-refractivity contribution in [2.24, 2.45) is 0 Å². The Kier molecular flexibility index (Phi) is 6.01. The third-order valence-electron chi connectivity index (χ3n) is 4.18. The normalized spacial score (nSPS) is 14.6. The molecule has 1 fully saturated rings. The maximum Gasteiger partial charge on any atom is 0.225 e. The van der Waals surface area contributed by atoms with E-state index in [4.69, 9.17) is 14.7 Å². The number of anilines is 2. The molecule has 2 aromatic rings. The van der Waals surface area contributed by atoms with Crippen molar-refractivity contribution in [3.05, 3.63) is 36.4 Å². The van der Waals surface area contributed by atoms with Crippen molar-refractivity contribution < 1.29 is 4.74 Å². The van der Waals surface area contributed by atoms with Crippen LogP contribution in [0.3, 0.4) is 0 Å². The van der Waals surface area contributed by atoms with Gasteiger partial charge in [0.1, 0.15) is 5.82 Å². The Labute approximate surface area is 144 Å². The van der Waals surface area contributed by atoms with Crippen molar-refractivity contribution in [2.45, 2.75) is 26.2 Å². The Morgan fingerprint density at radius 3 is 2.62 bits per heavy atom. The smallest absolute Gasteiger partial charge is 0.225 e. The number of nitrogens with one attached hydrogen (secondary N) is 1. The van der Waals surface area contributed by atoms with Crippen LogP contribution in [0, 0.1) is 0 Å². The van der Waals surface area contributed by atoms with E-state index in [-0.39, 0.29) is 0 Å². The summed E-state index contributed by atoms with van der Waals surface area (Å²) in [6.07, 6.45) is 3.58. The minimum atomic E-state index is 0.717. The summed E-state index contributed by atoms with van der Waals surface area (Å²) in [5.41, 5.74) is 2.08. The van der Waals surface area contributed by atoms with E-state index in [0.29, 0.717) is 5.95 Å². The molecular formula is C19H26N4O. The first-order valence-electron chi connectivity index (χ1n) is 8.88. The molecule has 2 heterocycles. The van der Waals surface area contributed by atoms with Crippen LogP contribution in [0.1, 0.15) is 26.2 Å². The van der Waals surface area contributed by atoms with E-state index < -0.39 is 0 Å². The summed E-state index contributed by atoms with van der Waals surface area (Å²) in [6.45, 7) is 6.38. The second kappa shape index (κ2) is 8.64. The van der Waals surface area contributed by atoms with Crippen LogP contribution in [0.4, 0.5) is 11.8 Å². The van der Waals surface area contributed by atoms with Crippen molar-refractivity contribution in [1.82, 2.24) is 9.97 Å². The lowest BCUT2D eigenvalue weighted by atomic mass is 10.1. The summed E-state index contributed by atoms with van der Waals surface area (Å²) in [5, 5.41) is 3.39. The van der Waals surface area contributed by atoms with Gasteiger partial charge in [-0.2, -0.15) is 4.98 Å². The van der Waals surface area contributed by atoms with Gasteiger partial charge in [0.05, 0.1) is 18.9 Å². The van der Waals surface area contributed by atoms with E-state index in [1.165, 1.54) is 12.8 Å². The Morgan fingerprint density at radius 2 is 1.88 bits per heavy atom. The lowest BCUT2D eigenvalue weighted by Crippen LogP contribution is -2.37. The SMILES string of the molecule is CCCCCNc1nc(-c2ccccc2)cc(N2CCOCC2)n1.